The average molecular weight is 397 g/mol. The molecule has 1 amide bonds. The summed E-state index contributed by atoms with van der Waals surface area (Å²) in [7, 11) is -3.59. The number of sulfonamides is 1. The zero-order valence-electron chi connectivity index (χ0n) is 16.3. The largest absolute Gasteiger partial charge is 0.449 e. The molecule has 1 aromatic carbocycles. The molecule has 2 rings (SSSR count). The van der Waals surface area contributed by atoms with Crippen LogP contribution < -0.4 is 5.32 Å². The molecule has 1 aromatic rings. The van der Waals surface area contributed by atoms with E-state index in [0.29, 0.717) is 6.54 Å². The van der Waals surface area contributed by atoms with Crippen molar-refractivity contribution in [3.05, 3.63) is 29.8 Å². The van der Waals surface area contributed by atoms with E-state index in [1.54, 1.807) is 0 Å². The molecule has 1 aliphatic heterocycles. The summed E-state index contributed by atoms with van der Waals surface area (Å²) >= 11 is 0. The number of ether oxygens (including phenoxy) is 1. The van der Waals surface area contributed by atoms with Crippen molar-refractivity contribution < 1.29 is 22.7 Å². The van der Waals surface area contributed by atoms with Gasteiger partial charge in [0.25, 0.3) is 5.91 Å². The van der Waals surface area contributed by atoms with Crippen LogP contribution in [0.1, 0.15) is 57.3 Å². The minimum atomic E-state index is -3.59. The number of carbonyl (C=O) groups excluding carboxylic acids is 2. The van der Waals surface area contributed by atoms with Gasteiger partial charge in [-0.05, 0) is 64.8 Å². The zero-order valence-corrected chi connectivity index (χ0v) is 17.1. The second kappa shape index (κ2) is 8.84. The lowest BCUT2D eigenvalue weighted by molar-refractivity contribution is -0.129. The van der Waals surface area contributed by atoms with E-state index in [1.165, 1.54) is 35.5 Å². The molecule has 150 valence electrons. The van der Waals surface area contributed by atoms with Gasteiger partial charge in [-0.25, -0.2) is 13.2 Å². The summed E-state index contributed by atoms with van der Waals surface area (Å²) in [5, 5.41) is 2.67. The third kappa shape index (κ3) is 5.29. The first-order chi connectivity index (χ1) is 12.6. The Morgan fingerprint density at radius 2 is 1.78 bits per heavy atom. The number of nitrogens with zero attached hydrogens (tertiary/aromatic N) is 1. The van der Waals surface area contributed by atoms with E-state index in [0.717, 1.165) is 19.3 Å². The molecular formula is C19H28N2O5S. The summed E-state index contributed by atoms with van der Waals surface area (Å²) < 4.78 is 32.3. The van der Waals surface area contributed by atoms with Gasteiger partial charge in [0, 0.05) is 18.6 Å². The van der Waals surface area contributed by atoms with Crippen LogP contribution in [0.4, 0.5) is 0 Å². The van der Waals surface area contributed by atoms with Crippen molar-refractivity contribution in [2.45, 2.75) is 70.0 Å². The van der Waals surface area contributed by atoms with E-state index in [2.05, 4.69) is 5.32 Å². The Morgan fingerprint density at radius 3 is 2.33 bits per heavy atom. The van der Waals surface area contributed by atoms with E-state index in [4.69, 9.17) is 4.74 Å². The fourth-order valence-electron chi connectivity index (χ4n) is 3.01. The van der Waals surface area contributed by atoms with Crippen molar-refractivity contribution in [2.24, 2.45) is 0 Å². The minimum Gasteiger partial charge on any atom is -0.449 e. The average Bonchev–Trinajstić information content (AvgIpc) is 2.61. The van der Waals surface area contributed by atoms with Crippen molar-refractivity contribution in [3.63, 3.8) is 0 Å². The predicted octanol–water partition coefficient (Wildman–Crippen LogP) is 2.32. The molecule has 0 spiro atoms. The maximum absolute atomic E-state index is 12.8. The molecule has 0 bridgehead atoms. The Morgan fingerprint density at radius 1 is 1.15 bits per heavy atom. The quantitative estimate of drug-likeness (QED) is 0.745. The van der Waals surface area contributed by atoms with Gasteiger partial charge < -0.3 is 10.1 Å². The Balaban J connectivity index is 2.08. The number of rotatable bonds is 6. The number of hydrogen-bond donors (Lipinski definition) is 1. The molecule has 0 aliphatic carbocycles. The number of esters is 1. The molecule has 2 atom stereocenters. The van der Waals surface area contributed by atoms with Crippen LogP contribution in [0.15, 0.2) is 29.2 Å². The molecule has 27 heavy (non-hydrogen) atoms. The summed E-state index contributed by atoms with van der Waals surface area (Å²) in [5.41, 5.74) is 0.199. The Bertz CT molecular complexity index is 774. The molecule has 1 N–H and O–H groups in total. The second-order valence-corrected chi connectivity index (χ2v) is 9.09. The van der Waals surface area contributed by atoms with Gasteiger partial charge >= 0.3 is 5.97 Å². The molecule has 8 heteroatoms. The number of carbonyl (C=O) groups is 2. The van der Waals surface area contributed by atoms with Gasteiger partial charge in [0.15, 0.2) is 6.10 Å². The Labute approximate surface area is 161 Å². The van der Waals surface area contributed by atoms with Crippen LogP contribution >= 0.6 is 0 Å². The highest BCUT2D eigenvalue weighted by Gasteiger charge is 2.31. The fraction of sp³-hybridized carbons (Fsp3) is 0.579. The van der Waals surface area contributed by atoms with Crippen molar-refractivity contribution in [2.75, 3.05) is 6.54 Å². The summed E-state index contributed by atoms with van der Waals surface area (Å²) in [4.78, 5) is 24.2. The molecule has 0 radical (unpaired) electrons. The van der Waals surface area contributed by atoms with E-state index in [-0.39, 0.29) is 28.4 Å². The van der Waals surface area contributed by atoms with Gasteiger partial charge in [-0.2, -0.15) is 4.31 Å². The number of piperidine rings is 1. The van der Waals surface area contributed by atoms with Crippen LogP contribution in [-0.2, 0) is 19.6 Å². The maximum Gasteiger partial charge on any atom is 0.338 e. The third-order valence-corrected chi connectivity index (χ3v) is 6.55. The van der Waals surface area contributed by atoms with Crippen LogP contribution in [0, 0.1) is 0 Å². The molecular weight excluding hydrogens is 368 g/mol. The van der Waals surface area contributed by atoms with Gasteiger partial charge in [0.05, 0.1) is 10.5 Å². The lowest BCUT2D eigenvalue weighted by Crippen LogP contribution is -2.41. The minimum absolute atomic E-state index is 0.0336. The number of nitrogens with one attached hydrogen (secondary N) is 1. The highest BCUT2D eigenvalue weighted by molar-refractivity contribution is 7.89. The first-order valence-electron chi connectivity index (χ1n) is 9.26. The van der Waals surface area contributed by atoms with Crippen LogP contribution in [0.25, 0.3) is 0 Å². The van der Waals surface area contributed by atoms with Crippen molar-refractivity contribution in [1.29, 1.82) is 0 Å². The van der Waals surface area contributed by atoms with Crippen molar-refractivity contribution >= 4 is 21.9 Å². The molecule has 1 aliphatic rings. The lowest BCUT2D eigenvalue weighted by Gasteiger charge is -2.32. The highest BCUT2D eigenvalue weighted by Crippen LogP contribution is 2.25. The van der Waals surface area contributed by atoms with Crippen molar-refractivity contribution in [1.82, 2.24) is 9.62 Å². The normalized spacial score (nSPS) is 19.5. The molecule has 0 saturated carbocycles. The van der Waals surface area contributed by atoms with Gasteiger partial charge in [-0.1, -0.05) is 6.42 Å². The van der Waals surface area contributed by atoms with E-state index in [1.807, 2.05) is 20.8 Å². The monoisotopic (exact) mass is 396 g/mol. The first-order valence-corrected chi connectivity index (χ1v) is 10.7. The number of benzene rings is 1. The third-order valence-electron chi connectivity index (χ3n) is 4.52. The maximum atomic E-state index is 12.8. The van der Waals surface area contributed by atoms with Crippen molar-refractivity contribution in [3.8, 4) is 0 Å². The van der Waals surface area contributed by atoms with E-state index < -0.39 is 22.1 Å². The van der Waals surface area contributed by atoms with Gasteiger partial charge in [0.2, 0.25) is 10.0 Å². The number of amides is 1. The molecule has 1 saturated heterocycles. The molecule has 0 aromatic heterocycles. The summed E-state index contributed by atoms with van der Waals surface area (Å²) in [6, 6.07) is 5.56. The summed E-state index contributed by atoms with van der Waals surface area (Å²) in [6.07, 6.45) is 1.79. The van der Waals surface area contributed by atoms with E-state index >= 15 is 0 Å². The zero-order chi connectivity index (χ0) is 20.2. The van der Waals surface area contributed by atoms with Gasteiger partial charge in [-0.3, -0.25) is 4.79 Å². The van der Waals surface area contributed by atoms with Gasteiger partial charge in [0.1, 0.15) is 0 Å². The van der Waals surface area contributed by atoms with E-state index in [9.17, 15) is 18.0 Å². The molecule has 0 unspecified atom stereocenters. The summed E-state index contributed by atoms with van der Waals surface area (Å²) in [5.74, 6) is -1.05. The standard InChI is InChI=1S/C19H28N2O5S/c1-13(2)20-18(22)15(4)26-19(23)16-8-10-17(11-9-16)27(24,25)21-12-6-5-7-14(21)3/h8-11,13-15H,5-7,12H2,1-4H3,(H,20,22)/t14-,15-/m0/s1. The molecule has 1 fully saturated rings. The smallest absolute Gasteiger partial charge is 0.338 e. The summed E-state index contributed by atoms with van der Waals surface area (Å²) in [6.45, 7) is 7.54. The Hall–Kier alpha value is -1.93. The fourth-order valence-corrected chi connectivity index (χ4v) is 4.71. The van der Waals surface area contributed by atoms with Crippen LogP contribution in [0.5, 0.6) is 0 Å². The topological polar surface area (TPSA) is 92.8 Å². The van der Waals surface area contributed by atoms with Crippen LogP contribution in [0.3, 0.4) is 0 Å². The van der Waals surface area contributed by atoms with Crippen LogP contribution in [0.2, 0.25) is 0 Å². The predicted molar refractivity (Wildman–Crippen MR) is 102 cm³/mol. The lowest BCUT2D eigenvalue weighted by atomic mass is 10.1. The first kappa shape index (κ1) is 21.4. The number of hydrogen-bond acceptors (Lipinski definition) is 5. The Kier molecular flexibility index (Phi) is 7.00. The highest BCUT2D eigenvalue weighted by atomic mass is 32.2. The SMILES string of the molecule is CC(C)NC(=O)[C@H](C)OC(=O)c1ccc(S(=O)(=O)N2CCCC[C@@H]2C)cc1. The molecule has 1 heterocycles. The second-order valence-electron chi connectivity index (χ2n) is 7.20. The molecule has 7 nitrogen and oxygen atoms in total. The van der Waals surface area contributed by atoms with Gasteiger partial charge in [-0.15, -0.1) is 0 Å². The van der Waals surface area contributed by atoms with Crippen LogP contribution in [-0.4, -0.2) is 49.3 Å².